The molecule has 0 radical (unpaired) electrons. The van der Waals surface area contributed by atoms with Crippen molar-refractivity contribution in [1.82, 2.24) is 0 Å². The van der Waals surface area contributed by atoms with Gasteiger partial charge in [0.2, 0.25) is 0 Å². The Morgan fingerprint density at radius 3 is 2.28 bits per heavy atom. The summed E-state index contributed by atoms with van der Waals surface area (Å²) in [6.07, 6.45) is 1.66. The zero-order valence-corrected chi connectivity index (χ0v) is 17.3. The highest BCUT2D eigenvalue weighted by molar-refractivity contribution is 7.87. The van der Waals surface area contributed by atoms with Crippen LogP contribution in [0.15, 0.2) is 82.8 Å². The molecule has 0 unspecified atom stereocenters. The van der Waals surface area contributed by atoms with E-state index in [1.54, 1.807) is 41.6 Å². The fraction of sp³-hybridized carbons (Fsp3) is 0.136. The van der Waals surface area contributed by atoms with Crippen molar-refractivity contribution >= 4 is 22.0 Å². The lowest BCUT2D eigenvalue weighted by Gasteiger charge is -2.13. The van der Waals surface area contributed by atoms with E-state index < -0.39 is 10.1 Å². The van der Waals surface area contributed by atoms with Crippen molar-refractivity contribution in [2.24, 2.45) is 5.10 Å². The summed E-state index contributed by atoms with van der Waals surface area (Å²) in [5.74, 6) is 0.411. The molecule has 0 aromatic heterocycles. The minimum atomic E-state index is -3.96. The molecule has 0 N–H and O–H groups in total. The largest absolute Gasteiger partial charge is 0.493 e. The molecule has 0 spiro atoms. The molecule has 0 heterocycles. The third kappa shape index (κ3) is 5.14. The number of para-hydroxylation sites is 1. The van der Waals surface area contributed by atoms with Gasteiger partial charge in [-0.15, -0.1) is 0 Å². The molecule has 0 atom stereocenters. The lowest BCUT2D eigenvalue weighted by molar-refractivity contribution is 0.390. The Kier molecular flexibility index (Phi) is 6.19. The van der Waals surface area contributed by atoms with Crippen LogP contribution in [0.4, 0.5) is 5.69 Å². The van der Waals surface area contributed by atoms with E-state index >= 15 is 0 Å². The second kappa shape index (κ2) is 8.79. The molecular formula is C22H22N2O4S. The molecule has 0 saturated carbocycles. The molecule has 0 saturated heterocycles. The van der Waals surface area contributed by atoms with E-state index in [1.807, 2.05) is 44.3 Å². The molecule has 0 bridgehead atoms. The molecule has 0 aliphatic carbocycles. The maximum absolute atomic E-state index is 12.5. The molecule has 3 rings (SSSR count). The summed E-state index contributed by atoms with van der Waals surface area (Å²) in [4.78, 5) is 0.0836. The molecule has 6 nitrogen and oxygen atoms in total. The van der Waals surface area contributed by atoms with Gasteiger partial charge in [0.1, 0.15) is 4.90 Å². The van der Waals surface area contributed by atoms with Gasteiger partial charge < -0.3 is 8.92 Å². The van der Waals surface area contributed by atoms with Gasteiger partial charge in [-0.1, -0.05) is 35.9 Å². The van der Waals surface area contributed by atoms with E-state index in [0.717, 1.165) is 16.8 Å². The summed E-state index contributed by atoms with van der Waals surface area (Å²) in [5, 5.41) is 6.13. The van der Waals surface area contributed by atoms with E-state index in [1.165, 1.54) is 19.2 Å². The normalized spacial score (nSPS) is 11.4. The number of methoxy groups -OCH3 is 1. The number of ether oxygens (including phenoxy) is 1. The predicted octanol–water partition coefficient (Wildman–Crippen LogP) is 4.24. The first kappa shape index (κ1) is 20.4. The summed E-state index contributed by atoms with van der Waals surface area (Å²) in [6.45, 7) is 1.88. The molecule has 3 aromatic rings. The maximum atomic E-state index is 12.5. The zero-order valence-electron chi connectivity index (χ0n) is 16.4. The Labute approximate surface area is 171 Å². The van der Waals surface area contributed by atoms with Crippen molar-refractivity contribution in [3.63, 3.8) is 0 Å². The lowest BCUT2D eigenvalue weighted by Crippen LogP contribution is -2.11. The molecule has 150 valence electrons. The Balaban J connectivity index is 1.80. The number of aryl methyl sites for hydroxylation is 1. The monoisotopic (exact) mass is 410 g/mol. The number of anilines is 1. The molecule has 3 aromatic carbocycles. The highest BCUT2D eigenvalue weighted by Crippen LogP contribution is 2.30. The minimum absolute atomic E-state index is 0.0836. The van der Waals surface area contributed by atoms with Crippen molar-refractivity contribution in [3.8, 4) is 11.5 Å². The second-order valence-electron chi connectivity index (χ2n) is 6.36. The van der Waals surface area contributed by atoms with Crippen LogP contribution in [0.3, 0.4) is 0 Å². The fourth-order valence-corrected chi connectivity index (χ4v) is 3.51. The van der Waals surface area contributed by atoms with E-state index in [9.17, 15) is 8.42 Å². The van der Waals surface area contributed by atoms with Crippen LogP contribution in [0.5, 0.6) is 11.5 Å². The first-order valence-corrected chi connectivity index (χ1v) is 10.3. The first-order chi connectivity index (χ1) is 13.9. The summed E-state index contributed by atoms with van der Waals surface area (Å²) in [5.41, 5.74) is 2.65. The molecular weight excluding hydrogens is 388 g/mol. The van der Waals surface area contributed by atoms with Crippen LogP contribution in [0.2, 0.25) is 0 Å². The third-order valence-corrected chi connectivity index (χ3v) is 5.46. The third-order valence-electron chi connectivity index (χ3n) is 4.21. The van der Waals surface area contributed by atoms with Gasteiger partial charge in [-0.05, 0) is 55.0 Å². The Morgan fingerprint density at radius 1 is 0.931 bits per heavy atom. The topological polar surface area (TPSA) is 68.2 Å². The lowest BCUT2D eigenvalue weighted by atomic mass is 10.2. The van der Waals surface area contributed by atoms with E-state index in [2.05, 4.69) is 5.10 Å². The fourth-order valence-electron chi connectivity index (χ4n) is 2.57. The highest BCUT2D eigenvalue weighted by Gasteiger charge is 2.19. The van der Waals surface area contributed by atoms with Gasteiger partial charge in [0.15, 0.2) is 11.5 Å². The van der Waals surface area contributed by atoms with Gasteiger partial charge in [-0.2, -0.15) is 13.5 Å². The van der Waals surface area contributed by atoms with Gasteiger partial charge in [-0.25, -0.2) is 0 Å². The number of rotatable bonds is 7. The molecule has 0 aliphatic rings. The number of benzene rings is 3. The quantitative estimate of drug-likeness (QED) is 0.331. The van der Waals surface area contributed by atoms with E-state index in [4.69, 9.17) is 8.92 Å². The molecule has 0 amide bonds. The van der Waals surface area contributed by atoms with E-state index in [-0.39, 0.29) is 10.6 Å². The Morgan fingerprint density at radius 2 is 1.62 bits per heavy atom. The van der Waals surface area contributed by atoms with Crippen LogP contribution < -0.4 is 13.9 Å². The predicted molar refractivity (Wildman–Crippen MR) is 114 cm³/mol. The molecule has 0 fully saturated rings. The SMILES string of the molecule is COc1cc(/C=N\N(C)c2ccccc2)ccc1OS(=O)(=O)c1ccc(C)cc1. The summed E-state index contributed by atoms with van der Waals surface area (Å²) < 4.78 is 35.7. The van der Waals surface area contributed by atoms with Gasteiger partial charge >= 0.3 is 10.1 Å². The summed E-state index contributed by atoms with van der Waals surface area (Å²) >= 11 is 0. The van der Waals surface area contributed by atoms with Crippen molar-refractivity contribution in [3.05, 3.63) is 83.9 Å². The zero-order chi connectivity index (χ0) is 20.9. The van der Waals surface area contributed by atoms with Gasteiger partial charge in [0, 0.05) is 7.05 Å². The van der Waals surface area contributed by atoms with Crippen LogP contribution in [0.25, 0.3) is 0 Å². The van der Waals surface area contributed by atoms with Crippen molar-refractivity contribution < 1.29 is 17.3 Å². The minimum Gasteiger partial charge on any atom is -0.493 e. The van der Waals surface area contributed by atoms with E-state index in [0.29, 0.717) is 5.75 Å². The van der Waals surface area contributed by atoms with Crippen molar-refractivity contribution in [2.75, 3.05) is 19.2 Å². The van der Waals surface area contributed by atoms with Crippen LogP contribution in [-0.4, -0.2) is 28.8 Å². The van der Waals surface area contributed by atoms with Crippen LogP contribution in [0, 0.1) is 6.92 Å². The molecule has 29 heavy (non-hydrogen) atoms. The van der Waals surface area contributed by atoms with Gasteiger partial charge in [0.25, 0.3) is 0 Å². The van der Waals surface area contributed by atoms with Crippen LogP contribution >= 0.6 is 0 Å². The van der Waals surface area contributed by atoms with Crippen LogP contribution in [0.1, 0.15) is 11.1 Å². The number of hydrazone groups is 1. The number of hydrogen-bond donors (Lipinski definition) is 0. The maximum Gasteiger partial charge on any atom is 0.339 e. The summed E-state index contributed by atoms with van der Waals surface area (Å²) in [6, 6.07) is 21.1. The number of nitrogens with zero attached hydrogens (tertiary/aromatic N) is 2. The van der Waals surface area contributed by atoms with Crippen LogP contribution in [-0.2, 0) is 10.1 Å². The van der Waals surface area contributed by atoms with Crippen molar-refractivity contribution in [1.29, 1.82) is 0 Å². The Hall–Kier alpha value is -3.32. The molecule has 7 heteroatoms. The standard InChI is InChI=1S/C22H22N2O4S/c1-17-9-12-20(13-10-17)29(25,26)28-21-14-11-18(15-22(21)27-3)16-23-24(2)19-7-5-4-6-8-19/h4-16H,1-3H3/b23-16-. The van der Waals surface area contributed by atoms with Crippen molar-refractivity contribution in [2.45, 2.75) is 11.8 Å². The average Bonchev–Trinajstić information content (AvgIpc) is 2.73. The first-order valence-electron chi connectivity index (χ1n) is 8.91. The highest BCUT2D eigenvalue weighted by atomic mass is 32.2. The van der Waals surface area contributed by atoms with Gasteiger partial charge in [0.05, 0.1) is 19.0 Å². The molecule has 0 aliphatic heterocycles. The smallest absolute Gasteiger partial charge is 0.339 e. The number of hydrogen-bond acceptors (Lipinski definition) is 6. The Bertz CT molecular complexity index is 1100. The second-order valence-corrected chi connectivity index (χ2v) is 7.91. The van der Waals surface area contributed by atoms with Gasteiger partial charge in [-0.3, -0.25) is 5.01 Å². The average molecular weight is 410 g/mol. The summed E-state index contributed by atoms with van der Waals surface area (Å²) in [7, 11) is -0.661.